The highest BCUT2D eigenvalue weighted by Gasteiger charge is 2.36. The molecule has 0 aliphatic carbocycles. The van der Waals surface area contributed by atoms with Gasteiger partial charge in [-0.05, 0) is 87.6 Å². The molecule has 0 saturated carbocycles. The number of hydrogen-bond donors (Lipinski definition) is 4. The van der Waals surface area contributed by atoms with E-state index in [-0.39, 0.29) is 24.6 Å². The highest BCUT2D eigenvalue weighted by molar-refractivity contribution is 5.99. The van der Waals surface area contributed by atoms with Gasteiger partial charge in [0.2, 0.25) is 5.91 Å². The van der Waals surface area contributed by atoms with Gasteiger partial charge < -0.3 is 35.2 Å². The number of ether oxygens (including phenoxy) is 2. The summed E-state index contributed by atoms with van der Waals surface area (Å²) in [6, 6.07) is 9.14. The van der Waals surface area contributed by atoms with E-state index < -0.39 is 42.2 Å². The third-order valence-corrected chi connectivity index (χ3v) is 5.77. The molecule has 39 heavy (non-hydrogen) atoms. The van der Waals surface area contributed by atoms with Crippen molar-refractivity contribution >= 4 is 23.6 Å². The van der Waals surface area contributed by atoms with Crippen molar-refractivity contribution in [3.05, 3.63) is 53.6 Å². The summed E-state index contributed by atoms with van der Waals surface area (Å²) in [5.41, 5.74) is 0.642. The lowest BCUT2D eigenvalue weighted by atomic mass is 9.98. The molecular weight excluding hydrogens is 502 g/mol. The summed E-state index contributed by atoms with van der Waals surface area (Å²) in [6.45, 7) is 10.1. The van der Waals surface area contributed by atoms with Crippen molar-refractivity contribution in [3.8, 4) is 11.5 Å². The van der Waals surface area contributed by atoms with Crippen molar-refractivity contribution in [3.63, 3.8) is 0 Å². The molecule has 0 spiro atoms. The Hall–Kier alpha value is -3.79. The summed E-state index contributed by atoms with van der Waals surface area (Å²) in [5, 5.41) is 25.5. The van der Waals surface area contributed by atoms with Crippen LogP contribution in [0.4, 0.5) is 10.5 Å². The van der Waals surface area contributed by atoms with E-state index in [1.807, 2.05) is 13.8 Å². The second-order valence-corrected chi connectivity index (χ2v) is 10.7. The molecule has 4 N–H and O–H groups in total. The Morgan fingerprint density at radius 1 is 1.05 bits per heavy atom. The average molecular weight is 544 g/mol. The second-order valence-electron chi connectivity index (χ2n) is 10.7. The average Bonchev–Trinajstić information content (AvgIpc) is 2.84. The van der Waals surface area contributed by atoms with Gasteiger partial charge in [-0.1, -0.05) is 19.9 Å². The molecule has 214 valence electrons. The number of rotatable bonds is 11. The van der Waals surface area contributed by atoms with Crippen LogP contribution >= 0.6 is 0 Å². The van der Waals surface area contributed by atoms with E-state index in [1.54, 1.807) is 64.1 Å². The molecule has 0 fully saturated rings. The molecule has 10 heteroatoms. The van der Waals surface area contributed by atoms with Crippen LogP contribution in [-0.4, -0.2) is 64.9 Å². The fourth-order valence-corrected chi connectivity index (χ4v) is 4.02. The molecule has 2 aromatic carbocycles. The Morgan fingerprint density at radius 2 is 1.69 bits per heavy atom. The maximum absolute atomic E-state index is 14.0. The van der Waals surface area contributed by atoms with Gasteiger partial charge in [0.25, 0.3) is 5.91 Å². The number of amides is 3. The minimum absolute atomic E-state index is 0.0207. The zero-order valence-corrected chi connectivity index (χ0v) is 23.8. The highest BCUT2D eigenvalue weighted by Crippen LogP contribution is 2.29. The zero-order valence-electron chi connectivity index (χ0n) is 23.8. The number of hydrogen-bond acceptors (Lipinski definition) is 7. The number of methoxy groups -OCH3 is 1. The van der Waals surface area contributed by atoms with Gasteiger partial charge in [-0.3, -0.25) is 9.59 Å². The number of carbonyl (C=O) groups is 3. The van der Waals surface area contributed by atoms with Gasteiger partial charge in [-0.2, -0.15) is 0 Å². The monoisotopic (exact) mass is 543 g/mol. The van der Waals surface area contributed by atoms with Gasteiger partial charge in [0.05, 0.1) is 13.7 Å². The van der Waals surface area contributed by atoms with Crippen molar-refractivity contribution in [2.45, 2.75) is 65.6 Å². The largest absolute Gasteiger partial charge is 0.508 e. The summed E-state index contributed by atoms with van der Waals surface area (Å²) in [7, 11) is 1.54. The van der Waals surface area contributed by atoms with E-state index in [1.165, 1.54) is 18.1 Å². The smallest absolute Gasteiger partial charge is 0.408 e. The Bertz CT molecular complexity index is 1130. The zero-order chi connectivity index (χ0) is 29.3. The van der Waals surface area contributed by atoms with E-state index in [0.717, 1.165) is 0 Å². The second kappa shape index (κ2) is 13.8. The molecule has 0 heterocycles. The first kappa shape index (κ1) is 31.4. The van der Waals surface area contributed by atoms with Crippen molar-refractivity contribution in [2.75, 3.05) is 25.6 Å². The Balaban J connectivity index is 2.51. The number of benzene rings is 2. The molecule has 0 aliphatic rings. The number of aliphatic hydroxyl groups is 1. The summed E-state index contributed by atoms with van der Waals surface area (Å²) in [4.78, 5) is 41.6. The number of aliphatic hydroxyl groups excluding tert-OH is 1. The first-order valence-corrected chi connectivity index (χ1v) is 12.9. The normalized spacial score (nSPS) is 12.8. The number of anilines is 1. The van der Waals surface area contributed by atoms with Crippen LogP contribution in [0, 0.1) is 12.8 Å². The molecule has 0 aliphatic heterocycles. The highest BCUT2D eigenvalue weighted by atomic mass is 16.6. The van der Waals surface area contributed by atoms with E-state index in [9.17, 15) is 24.6 Å². The van der Waals surface area contributed by atoms with Crippen LogP contribution < -0.4 is 15.4 Å². The maximum Gasteiger partial charge on any atom is 0.408 e. The summed E-state index contributed by atoms with van der Waals surface area (Å²) in [6.07, 6.45) is -0.480. The first-order chi connectivity index (χ1) is 18.2. The quantitative estimate of drug-likeness (QED) is 0.334. The van der Waals surface area contributed by atoms with E-state index >= 15 is 0 Å². The standard InChI is InChI=1S/C29H41N3O7/c1-18(2)16-23(31-28(37)39-29(4,5)6)27(36)32(14-15-33)25(20-8-13-24(34)19(3)17-20)26(35)30-21-9-11-22(38-7)12-10-21/h8-13,17-18,23,25,33-34H,14-16H2,1-7H3,(H,30,35)(H,31,37). The molecule has 2 aromatic rings. The van der Waals surface area contributed by atoms with E-state index in [2.05, 4.69) is 10.6 Å². The molecule has 0 radical (unpaired) electrons. The number of alkyl carbamates (subject to hydrolysis) is 1. The Morgan fingerprint density at radius 3 is 2.21 bits per heavy atom. The van der Waals surface area contributed by atoms with Crippen molar-refractivity contribution < 1.29 is 34.1 Å². The van der Waals surface area contributed by atoms with Gasteiger partial charge in [0, 0.05) is 12.2 Å². The van der Waals surface area contributed by atoms with Crippen molar-refractivity contribution in [2.24, 2.45) is 5.92 Å². The fourth-order valence-electron chi connectivity index (χ4n) is 4.02. The van der Waals surface area contributed by atoms with Crippen LogP contribution in [0.1, 0.15) is 58.2 Å². The lowest BCUT2D eigenvalue weighted by molar-refractivity contribution is -0.141. The SMILES string of the molecule is COc1ccc(NC(=O)C(c2ccc(O)c(C)c2)N(CCO)C(=O)C(CC(C)C)NC(=O)OC(C)(C)C)cc1. The number of carbonyl (C=O) groups excluding carboxylic acids is 3. The van der Waals surface area contributed by atoms with Crippen molar-refractivity contribution in [1.82, 2.24) is 10.2 Å². The van der Waals surface area contributed by atoms with Crippen LogP contribution in [-0.2, 0) is 14.3 Å². The lowest BCUT2D eigenvalue weighted by Crippen LogP contribution is -2.53. The third-order valence-electron chi connectivity index (χ3n) is 5.77. The van der Waals surface area contributed by atoms with Crippen LogP contribution in [0.5, 0.6) is 11.5 Å². The molecule has 10 nitrogen and oxygen atoms in total. The predicted octanol–water partition coefficient (Wildman–Crippen LogP) is 4.15. The summed E-state index contributed by atoms with van der Waals surface area (Å²) >= 11 is 0. The number of aryl methyl sites for hydroxylation is 1. The minimum Gasteiger partial charge on any atom is -0.508 e. The van der Waals surface area contributed by atoms with Crippen LogP contribution in [0.3, 0.4) is 0 Å². The minimum atomic E-state index is -1.18. The van der Waals surface area contributed by atoms with Gasteiger partial charge in [-0.25, -0.2) is 4.79 Å². The molecular formula is C29H41N3O7. The number of nitrogens with one attached hydrogen (secondary N) is 2. The van der Waals surface area contributed by atoms with Gasteiger partial charge >= 0.3 is 6.09 Å². The number of nitrogens with zero attached hydrogens (tertiary/aromatic N) is 1. The van der Waals surface area contributed by atoms with Gasteiger partial charge in [0.1, 0.15) is 29.2 Å². The molecule has 0 saturated heterocycles. The predicted molar refractivity (Wildman–Crippen MR) is 149 cm³/mol. The lowest BCUT2D eigenvalue weighted by Gasteiger charge is -2.34. The Kier molecular flexibility index (Phi) is 11.2. The van der Waals surface area contributed by atoms with Gasteiger partial charge in [-0.15, -0.1) is 0 Å². The van der Waals surface area contributed by atoms with Crippen LogP contribution in [0.25, 0.3) is 0 Å². The van der Waals surface area contributed by atoms with E-state index in [0.29, 0.717) is 22.6 Å². The molecule has 0 bridgehead atoms. The van der Waals surface area contributed by atoms with Crippen LogP contribution in [0.2, 0.25) is 0 Å². The molecule has 2 rings (SSSR count). The molecule has 2 unspecified atom stereocenters. The number of aromatic hydroxyl groups is 1. The first-order valence-electron chi connectivity index (χ1n) is 12.9. The topological polar surface area (TPSA) is 137 Å². The fraction of sp³-hybridized carbons (Fsp3) is 0.483. The summed E-state index contributed by atoms with van der Waals surface area (Å²) in [5.74, 6) is -0.415. The Labute approximate surface area is 230 Å². The van der Waals surface area contributed by atoms with E-state index in [4.69, 9.17) is 9.47 Å². The third kappa shape index (κ3) is 9.47. The number of phenolic OH excluding ortho intramolecular Hbond substituents is 1. The molecule has 0 aromatic heterocycles. The van der Waals surface area contributed by atoms with Crippen LogP contribution in [0.15, 0.2) is 42.5 Å². The van der Waals surface area contributed by atoms with Gasteiger partial charge in [0.15, 0.2) is 0 Å². The molecule has 2 atom stereocenters. The molecule has 3 amide bonds. The summed E-state index contributed by atoms with van der Waals surface area (Å²) < 4.78 is 10.5. The maximum atomic E-state index is 14.0. The number of phenols is 1. The van der Waals surface area contributed by atoms with Crippen molar-refractivity contribution in [1.29, 1.82) is 0 Å².